The van der Waals surface area contributed by atoms with Gasteiger partial charge in [0.15, 0.2) is 11.5 Å². The lowest BCUT2D eigenvalue weighted by Crippen LogP contribution is -2.33. The summed E-state index contributed by atoms with van der Waals surface area (Å²) in [6.45, 7) is 0. The van der Waals surface area contributed by atoms with Crippen LogP contribution in [0.1, 0.15) is 34.7 Å². The van der Waals surface area contributed by atoms with Gasteiger partial charge in [-0.05, 0) is 35.7 Å². The average Bonchev–Trinajstić information content (AvgIpc) is 3.43. The highest BCUT2D eigenvalue weighted by Gasteiger charge is 2.42. The van der Waals surface area contributed by atoms with Crippen LogP contribution in [-0.4, -0.2) is 30.0 Å². The van der Waals surface area contributed by atoms with Gasteiger partial charge >= 0.3 is 0 Å². The summed E-state index contributed by atoms with van der Waals surface area (Å²) >= 11 is 1.63. The Hall–Kier alpha value is -3.19. The summed E-state index contributed by atoms with van der Waals surface area (Å²) in [4.78, 5) is 1.06. The Balaban J connectivity index is 1.62. The van der Waals surface area contributed by atoms with Crippen LogP contribution >= 0.6 is 11.3 Å². The number of methoxy groups -OCH3 is 2. The summed E-state index contributed by atoms with van der Waals surface area (Å²) in [6.07, 6.45) is 0.292. The monoisotopic (exact) mass is 408 g/mol. The lowest BCUT2D eigenvalue weighted by molar-refractivity contribution is -0.0184. The van der Waals surface area contributed by atoms with Crippen LogP contribution in [0.3, 0.4) is 0 Å². The highest BCUT2D eigenvalue weighted by Crippen LogP contribution is 2.51. The molecular formula is C22H20N2O4S. The molecule has 0 amide bonds. The zero-order valence-electron chi connectivity index (χ0n) is 16.0. The number of hydrogen-bond donors (Lipinski definition) is 1. The molecule has 0 radical (unpaired) electrons. The summed E-state index contributed by atoms with van der Waals surface area (Å²) in [5.41, 5.74) is 2.50. The molecule has 0 saturated carbocycles. The number of phenols is 1. The number of para-hydroxylation sites is 1. The first-order chi connectivity index (χ1) is 14.2. The van der Waals surface area contributed by atoms with Crippen molar-refractivity contribution < 1.29 is 19.3 Å². The Labute approximate surface area is 172 Å². The zero-order valence-corrected chi connectivity index (χ0v) is 16.8. The average molecular weight is 408 g/mol. The van der Waals surface area contributed by atoms with Crippen molar-refractivity contribution >= 4 is 17.0 Å². The summed E-state index contributed by atoms with van der Waals surface area (Å²) in [5, 5.41) is 19.3. The molecule has 2 aliphatic heterocycles. The first-order valence-corrected chi connectivity index (χ1v) is 10.2. The molecule has 7 heteroatoms. The number of thiophene rings is 1. The normalized spacial score (nSPS) is 19.8. The van der Waals surface area contributed by atoms with Crippen LogP contribution in [0.2, 0.25) is 0 Å². The van der Waals surface area contributed by atoms with Crippen LogP contribution in [0.5, 0.6) is 23.0 Å². The van der Waals surface area contributed by atoms with E-state index < -0.39 is 0 Å². The summed E-state index contributed by atoms with van der Waals surface area (Å²) in [6, 6.07) is 15.1. The molecule has 29 heavy (non-hydrogen) atoms. The Morgan fingerprint density at radius 2 is 2.03 bits per heavy atom. The van der Waals surface area contributed by atoms with Crippen LogP contribution < -0.4 is 14.2 Å². The van der Waals surface area contributed by atoms with E-state index in [0.29, 0.717) is 23.5 Å². The van der Waals surface area contributed by atoms with Gasteiger partial charge in [-0.25, -0.2) is 5.01 Å². The van der Waals surface area contributed by atoms with E-state index in [1.807, 2.05) is 46.8 Å². The third kappa shape index (κ3) is 2.89. The lowest BCUT2D eigenvalue weighted by Gasteiger charge is -2.38. The van der Waals surface area contributed by atoms with Crippen molar-refractivity contribution in [2.45, 2.75) is 18.7 Å². The van der Waals surface area contributed by atoms with Gasteiger partial charge in [0.1, 0.15) is 11.5 Å². The number of rotatable bonds is 4. The van der Waals surface area contributed by atoms with E-state index in [4.69, 9.17) is 19.3 Å². The second kappa shape index (κ2) is 7.00. The van der Waals surface area contributed by atoms with Crippen molar-refractivity contribution in [1.82, 2.24) is 5.01 Å². The molecule has 0 spiro atoms. The maximum absolute atomic E-state index is 10.4. The van der Waals surface area contributed by atoms with Crippen LogP contribution in [0.4, 0.5) is 0 Å². The molecule has 0 saturated heterocycles. The molecule has 3 heterocycles. The fraction of sp³-hybridized carbons (Fsp3) is 0.227. The number of hydrazone groups is 1. The molecule has 3 aromatic rings. The standard InChI is InChI=1S/C22H20N2O4S/c1-26-13-8-9-18(25)15(11-13)16-12-17-14-5-3-6-19(27-2)21(14)28-22(24(17)23-16)20-7-4-10-29-20/h3-11,17,22,25H,12H2,1-2H3/t17-,22-/m1/s1. The second-order valence-electron chi connectivity index (χ2n) is 6.89. The predicted molar refractivity (Wildman–Crippen MR) is 111 cm³/mol. The molecular weight excluding hydrogens is 388 g/mol. The molecule has 6 nitrogen and oxygen atoms in total. The van der Waals surface area contributed by atoms with Crippen LogP contribution in [0.15, 0.2) is 59.0 Å². The molecule has 0 unspecified atom stereocenters. The molecule has 0 fully saturated rings. The molecule has 1 aromatic heterocycles. The van der Waals surface area contributed by atoms with E-state index >= 15 is 0 Å². The number of benzene rings is 2. The molecule has 1 N–H and O–H groups in total. The SMILES string of the molecule is COc1ccc(O)c(C2=NN3[C@H](C2)c2cccc(OC)c2O[C@@H]3c2cccs2)c1. The topological polar surface area (TPSA) is 63.5 Å². The van der Waals surface area contributed by atoms with E-state index in [1.165, 1.54) is 0 Å². The van der Waals surface area contributed by atoms with Crippen molar-refractivity contribution in [2.75, 3.05) is 14.2 Å². The summed E-state index contributed by atoms with van der Waals surface area (Å²) < 4.78 is 17.3. The molecule has 0 bridgehead atoms. The fourth-order valence-electron chi connectivity index (χ4n) is 3.90. The van der Waals surface area contributed by atoms with E-state index in [0.717, 1.165) is 21.9 Å². The molecule has 2 atom stereocenters. The summed E-state index contributed by atoms with van der Waals surface area (Å²) in [7, 11) is 3.26. The number of hydrogen-bond acceptors (Lipinski definition) is 7. The van der Waals surface area contributed by atoms with Gasteiger partial charge in [0.05, 0.1) is 30.9 Å². The van der Waals surface area contributed by atoms with Gasteiger partial charge in [0.2, 0.25) is 6.23 Å². The molecule has 148 valence electrons. The van der Waals surface area contributed by atoms with E-state index in [-0.39, 0.29) is 18.0 Å². The van der Waals surface area contributed by atoms with Gasteiger partial charge in [0, 0.05) is 17.5 Å². The predicted octanol–water partition coefficient (Wildman–Crippen LogP) is 4.71. The highest BCUT2D eigenvalue weighted by atomic mass is 32.1. The van der Waals surface area contributed by atoms with E-state index in [2.05, 4.69) is 0 Å². The number of fused-ring (bicyclic) bond motifs is 3. The minimum atomic E-state index is -0.353. The quantitative estimate of drug-likeness (QED) is 0.677. The minimum Gasteiger partial charge on any atom is -0.507 e. The first-order valence-electron chi connectivity index (χ1n) is 9.29. The van der Waals surface area contributed by atoms with Gasteiger partial charge in [-0.1, -0.05) is 18.2 Å². The summed E-state index contributed by atoms with van der Waals surface area (Å²) in [5.74, 6) is 2.32. The Kier molecular flexibility index (Phi) is 4.32. The van der Waals surface area contributed by atoms with E-state index in [1.54, 1.807) is 37.7 Å². The Morgan fingerprint density at radius 1 is 1.14 bits per heavy atom. The van der Waals surface area contributed by atoms with Gasteiger partial charge in [-0.2, -0.15) is 5.10 Å². The lowest BCUT2D eigenvalue weighted by atomic mass is 9.95. The van der Waals surface area contributed by atoms with Crippen molar-refractivity contribution in [3.63, 3.8) is 0 Å². The van der Waals surface area contributed by atoms with Crippen LogP contribution in [0, 0.1) is 0 Å². The third-order valence-electron chi connectivity index (χ3n) is 5.30. The van der Waals surface area contributed by atoms with Crippen LogP contribution in [-0.2, 0) is 0 Å². The minimum absolute atomic E-state index is 0.0125. The number of ether oxygens (including phenoxy) is 3. The van der Waals surface area contributed by atoms with Crippen molar-refractivity contribution in [1.29, 1.82) is 0 Å². The maximum Gasteiger partial charge on any atom is 0.223 e. The Morgan fingerprint density at radius 3 is 2.79 bits per heavy atom. The number of aromatic hydroxyl groups is 1. The smallest absolute Gasteiger partial charge is 0.223 e. The number of nitrogens with zero attached hydrogens (tertiary/aromatic N) is 2. The van der Waals surface area contributed by atoms with Gasteiger partial charge in [-0.15, -0.1) is 11.3 Å². The molecule has 2 aliphatic rings. The first kappa shape index (κ1) is 17.9. The fourth-order valence-corrected chi connectivity index (χ4v) is 4.64. The molecule has 0 aliphatic carbocycles. The van der Waals surface area contributed by atoms with Crippen molar-refractivity contribution in [3.8, 4) is 23.0 Å². The van der Waals surface area contributed by atoms with E-state index in [9.17, 15) is 5.11 Å². The third-order valence-corrected chi connectivity index (χ3v) is 6.20. The van der Waals surface area contributed by atoms with Gasteiger partial charge in [0.25, 0.3) is 0 Å². The van der Waals surface area contributed by atoms with Crippen molar-refractivity contribution in [3.05, 3.63) is 69.9 Å². The van der Waals surface area contributed by atoms with Gasteiger partial charge < -0.3 is 19.3 Å². The van der Waals surface area contributed by atoms with Crippen LogP contribution in [0.25, 0.3) is 0 Å². The number of phenolic OH excluding ortho intramolecular Hbond substituents is 1. The maximum atomic E-state index is 10.4. The van der Waals surface area contributed by atoms with Gasteiger partial charge in [-0.3, -0.25) is 0 Å². The molecule has 5 rings (SSSR count). The Bertz CT molecular complexity index is 1080. The zero-order chi connectivity index (χ0) is 20.0. The highest BCUT2D eigenvalue weighted by molar-refractivity contribution is 7.10. The molecule has 2 aromatic carbocycles. The van der Waals surface area contributed by atoms with Crippen molar-refractivity contribution in [2.24, 2.45) is 5.10 Å². The second-order valence-corrected chi connectivity index (χ2v) is 7.87. The largest absolute Gasteiger partial charge is 0.507 e.